The van der Waals surface area contributed by atoms with Crippen molar-refractivity contribution >= 4 is 11.1 Å². The molecule has 1 saturated heterocycles. The summed E-state index contributed by atoms with van der Waals surface area (Å²) in [5, 5.41) is 0. The Balaban J connectivity index is 1.42. The van der Waals surface area contributed by atoms with Gasteiger partial charge in [-0.25, -0.2) is 4.98 Å². The minimum Gasteiger partial charge on any atom is -0.441 e. The van der Waals surface area contributed by atoms with E-state index in [2.05, 4.69) is 27.9 Å². The van der Waals surface area contributed by atoms with Crippen LogP contribution in [-0.2, 0) is 17.7 Å². The molecule has 1 aliphatic rings. The molecule has 0 amide bonds. The van der Waals surface area contributed by atoms with E-state index in [1.54, 1.807) is 0 Å². The Morgan fingerprint density at radius 3 is 2.96 bits per heavy atom. The molecule has 1 aromatic carbocycles. The third kappa shape index (κ3) is 4.37. The standard InChI is InChI=1S/C22H27N3O2/c1-2-26-17-22(10-9-21-24-19-7-3-4-8-20(19)27-21)11-13-25(16-22)15-18-6-5-12-23-14-18/h3-8,12,14H,2,9-11,13,15-17H2,1H3. The second kappa shape index (κ2) is 8.19. The fourth-order valence-corrected chi connectivity index (χ4v) is 4.02. The number of aryl methyl sites for hydroxylation is 1. The van der Waals surface area contributed by atoms with E-state index in [0.29, 0.717) is 0 Å². The summed E-state index contributed by atoms with van der Waals surface area (Å²) in [6.07, 6.45) is 6.81. The molecule has 0 saturated carbocycles. The van der Waals surface area contributed by atoms with Gasteiger partial charge in [0.15, 0.2) is 11.5 Å². The summed E-state index contributed by atoms with van der Waals surface area (Å²) in [4.78, 5) is 11.4. The highest BCUT2D eigenvalue weighted by Gasteiger charge is 2.38. The van der Waals surface area contributed by atoms with Gasteiger partial charge in [0.2, 0.25) is 0 Å². The van der Waals surface area contributed by atoms with Crippen LogP contribution in [0, 0.1) is 5.41 Å². The molecule has 1 unspecified atom stereocenters. The summed E-state index contributed by atoms with van der Waals surface area (Å²) in [6, 6.07) is 12.1. The third-order valence-electron chi connectivity index (χ3n) is 5.47. The van der Waals surface area contributed by atoms with Crippen LogP contribution in [0.25, 0.3) is 11.1 Å². The Kier molecular flexibility index (Phi) is 5.50. The first-order valence-electron chi connectivity index (χ1n) is 9.80. The maximum absolute atomic E-state index is 5.93. The van der Waals surface area contributed by atoms with Crippen LogP contribution in [0.15, 0.2) is 53.2 Å². The molecule has 142 valence electrons. The minimum atomic E-state index is 0.166. The molecule has 4 rings (SSSR count). The molecule has 3 aromatic rings. The van der Waals surface area contributed by atoms with E-state index in [-0.39, 0.29) is 5.41 Å². The maximum Gasteiger partial charge on any atom is 0.195 e. The number of benzene rings is 1. The molecular formula is C22H27N3O2. The summed E-state index contributed by atoms with van der Waals surface area (Å²) in [7, 11) is 0. The summed E-state index contributed by atoms with van der Waals surface area (Å²) >= 11 is 0. The molecule has 3 heterocycles. The van der Waals surface area contributed by atoms with Gasteiger partial charge in [0.05, 0.1) is 6.61 Å². The highest BCUT2D eigenvalue weighted by Crippen LogP contribution is 2.36. The number of aromatic nitrogens is 2. The molecule has 1 aliphatic heterocycles. The molecular weight excluding hydrogens is 338 g/mol. The quantitative estimate of drug-likeness (QED) is 0.602. The van der Waals surface area contributed by atoms with Gasteiger partial charge in [-0.2, -0.15) is 0 Å². The van der Waals surface area contributed by atoms with Gasteiger partial charge < -0.3 is 9.15 Å². The molecule has 0 aliphatic carbocycles. The van der Waals surface area contributed by atoms with Gasteiger partial charge in [-0.3, -0.25) is 9.88 Å². The number of oxazole rings is 1. The Morgan fingerprint density at radius 1 is 1.22 bits per heavy atom. The van der Waals surface area contributed by atoms with Crippen molar-refractivity contribution < 1.29 is 9.15 Å². The Bertz CT molecular complexity index is 831. The van der Waals surface area contributed by atoms with E-state index in [1.807, 2.05) is 42.7 Å². The molecule has 0 bridgehead atoms. The molecule has 2 aromatic heterocycles. The van der Waals surface area contributed by atoms with Gasteiger partial charge in [0.25, 0.3) is 0 Å². The van der Waals surface area contributed by atoms with Gasteiger partial charge in [-0.05, 0) is 50.1 Å². The topological polar surface area (TPSA) is 51.4 Å². The van der Waals surface area contributed by atoms with Crippen LogP contribution < -0.4 is 0 Å². The van der Waals surface area contributed by atoms with Crippen LogP contribution in [0.1, 0.15) is 31.2 Å². The molecule has 27 heavy (non-hydrogen) atoms. The van der Waals surface area contributed by atoms with Crippen LogP contribution in [-0.4, -0.2) is 41.2 Å². The van der Waals surface area contributed by atoms with Crippen LogP contribution in [0.2, 0.25) is 0 Å². The highest BCUT2D eigenvalue weighted by molar-refractivity contribution is 5.72. The van der Waals surface area contributed by atoms with E-state index in [0.717, 1.165) is 69.1 Å². The number of pyridine rings is 1. The van der Waals surface area contributed by atoms with E-state index >= 15 is 0 Å². The van der Waals surface area contributed by atoms with E-state index in [4.69, 9.17) is 9.15 Å². The first-order chi connectivity index (χ1) is 13.3. The number of ether oxygens (including phenoxy) is 1. The van der Waals surface area contributed by atoms with Crippen LogP contribution in [0.5, 0.6) is 0 Å². The Hall–Kier alpha value is -2.24. The highest BCUT2D eigenvalue weighted by atomic mass is 16.5. The largest absolute Gasteiger partial charge is 0.441 e. The van der Waals surface area contributed by atoms with Crippen LogP contribution >= 0.6 is 0 Å². The lowest BCUT2D eigenvalue weighted by Crippen LogP contribution is -2.32. The first kappa shape index (κ1) is 18.1. The number of para-hydroxylation sites is 2. The van der Waals surface area contributed by atoms with Crippen molar-refractivity contribution in [2.45, 2.75) is 32.7 Å². The lowest BCUT2D eigenvalue weighted by Gasteiger charge is -2.29. The summed E-state index contributed by atoms with van der Waals surface area (Å²) in [5.74, 6) is 0.831. The van der Waals surface area contributed by atoms with Crippen LogP contribution in [0.4, 0.5) is 0 Å². The Labute approximate surface area is 160 Å². The number of fused-ring (bicyclic) bond motifs is 1. The predicted octanol–water partition coefficient (Wildman–Crippen LogP) is 4.08. The van der Waals surface area contributed by atoms with Gasteiger partial charge in [-0.15, -0.1) is 0 Å². The molecule has 0 N–H and O–H groups in total. The lowest BCUT2D eigenvalue weighted by molar-refractivity contribution is 0.0480. The smallest absolute Gasteiger partial charge is 0.195 e. The molecule has 5 heteroatoms. The van der Waals surface area contributed by atoms with Crippen molar-refractivity contribution in [2.24, 2.45) is 5.41 Å². The zero-order chi connectivity index (χ0) is 18.5. The summed E-state index contributed by atoms with van der Waals surface area (Å²) in [5.41, 5.74) is 3.24. The Morgan fingerprint density at radius 2 is 2.15 bits per heavy atom. The van der Waals surface area contributed by atoms with Crippen molar-refractivity contribution in [3.63, 3.8) is 0 Å². The number of likely N-dealkylation sites (tertiary alicyclic amines) is 1. The zero-order valence-corrected chi connectivity index (χ0v) is 15.9. The lowest BCUT2D eigenvalue weighted by atomic mass is 9.83. The number of rotatable bonds is 8. The normalized spacial score (nSPS) is 20.5. The fraction of sp³-hybridized carbons (Fsp3) is 0.455. The average Bonchev–Trinajstić information content (AvgIpc) is 3.30. The van der Waals surface area contributed by atoms with E-state index in [1.165, 1.54) is 5.56 Å². The molecule has 1 atom stereocenters. The second-order valence-corrected chi connectivity index (χ2v) is 7.53. The van der Waals surface area contributed by atoms with Gasteiger partial charge in [-0.1, -0.05) is 18.2 Å². The van der Waals surface area contributed by atoms with Crippen molar-refractivity contribution in [3.8, 4) is 0 Å². The SMILES string of the molecule is CCOCC1(CCc2nc3ccccc3o2)CCN(Cc2cccnc2)C1. The summed E-state index contributed by atoms with van der Waals surface area (Å²) < 4.78 is 11.8. The summed E-state index contributed by atoms with van der Waals surface area (Å²) in [6.45, 7) is 6.71. The first-order valence-corrected chi connectivity index (χ1v) is 9.80. The minimum absolute atomic E-state index is 0.166. The van der Waals surface area contributed by atoms with Crippen LogP contribution in [0.3, 0.4) is 0 Å². The van der Waals surface area contributed by atoms with Crippen molar-refractivity contribution in [1.82, 2.24) is 14.9 Å². The van der Waals surface area contributed by atoms with Gasteiger partial charge in [0, 0.05) is 43.9 Å². The number of hydrogen-bond acceptors (Lipinski definition) is 5. The van der Waals surface area contributed by atoms with Crippen molar-refractivity contribution in [3.05, 3.63) is 60.2 Å². The zero-order valence-electron chi connectivity index (χ0n) is 15.9. The fourth-order valence-electron chi connectivity index (χ4n) is 4.02. The van der Waals surface area contributed by atoms with E-state index < -0.39 is 0 Å². The van der Waals surface area contributed by atoms with Crippen molar-refractivity contribution in [1.29, 1.82) is 0 Å². The van der Waals surface area contributed by atoms with E-state index in [9.17, 15) is 0 Å². The molecule has 1 fully saturated rings. The third-order valence-corrected chi connectivity index (χ3v) is 5.47. The van der Waals surface area contributed by atoms with Gasteiger partial charge in [0.1, 0.15) is 5.52 Å². The predicted molar refractivity (Wildman–Crippen MR) is 105 cm³/mol. The number of nitrogens with zero attached hydrogens (tertiary/aromatic N) is 3. The molecule has 5 nitrogen and oxygen atoms in total. The molecule has 0 spiro atoms. The van der Waals surface area contributed by atoms with Gasteiger partial charge >= 0.3 is 0 Å². The second-order valence-electron chi connectivity index (χ2n) is 7.53. The van der Waals surface area contributed by atoms with Crippen molar-refractivity contribution in [2.75, 3.05) is 26.3 Å². The average molecular weight is 365 g/mol. The molecule has 0 radical (unpaired) electrons. The maximum atomic E-state index is 5.93. The number of hydrogen-bond donors (Lipinski definition) is 0. The monoisotopic (exact) mass is 365 g/mol.